The fourth-order valence-corrected chi connectivity index (χ4v) is 2.45. The lowest BCUT2D eigenvalue weighted by molar-refractivity contribution is 0.0946. The van der Waals surface area contributed by atoms with E-state index in [2.05, 4.69) is 15.6 Å². The van der Waals surface area contributed by atoms with E-state index in [0.717, 1.165) is 23.3 Å². The third kappa shape index (κ3) is 4.76. The van der Waals surface area contributed by atoms with Gasteiger partial charge in [-0.3, -0.25) is 14.6 Å². The minimum absolute atomic E-state index is 0.0741. The average Bonchev–Trinajstić information content (AvgIpc) is 2.70. The Morgan fingerprint density at radius 3 is 2.39 bits per heavy atom. The van der Waals surface area contributed by atoms with Gasteiger partial charge in [-0.05, 0) is 36.8 Å². The average molecular weight is 381 g/mol. The Hall–Kier alpha value is -3.61. The second kappa shape index (κ2) is 8.39. The Bertz CT molecular complexity index is 1020. The first kappa shape index (κ1) is 19.2. The van der Waals surface area contributed by atoms with Crippen LogP contribution in [0.15, 0.2) is 60.8 Å². The van der Waals surface area contributed by atoms with Gasteiger partial charge >= 0.3 is 0 Å². The molecule has 7 heteroatoms. The summed E-state index contributed by atoms with van der Waals surface area (Å²) in [7, 11) is 0. The van der Waals surface area contributed by atoms with Crippen LogP contribution in [0.4, 0.5) is 14.5 Å². The van der Waals surface area contributed by atoms with Crippen LogP contribution in [0.25, 0.3) is 0 Å². The molecule has 1 aromatic heterocycles. The Morgan fingerprint density at radius 2 is 1.68 bits per heavy atom. The predicted octanol–water partition coefficient (Wildman–Crippen LogP) is 3.85. The Morgan fingerprint density at radius 1 is 0.929 bits per heavy atom. The van der Waals surface area contributed by atoms with E-state index in [1.54, 1.807) is 0 Å². The van der Waals surface area contributed by atoms with Crippen molar-refractivity contribution in [2.24, 2.45) is 0 Å². The second-order valence-electron chi connectivity index (χ2n) is 6.18. The van der Waals surface area contributed by atoms with E-state index < -0.39 is 23.4 Å². The van der Waals surface area contributed by atoms with E-state index >= 15 is 0 Å². The summed E-state index contributed by atoms with van der Waals surface area (Å²) in [5.74, 6) is -3.07. The summed E-state index contributed by atoms with van der Waals surface area (Å²) in [5, 5.41) is 5.19. The first-order valence-electron chi connectivity index (χ1n) is 8.48. The number of hydrogen-bond donors (Lipinski definition) is 2. The highest BCUT2D eigenvalue weighted by Crippen LogP contribution is 2.14. The number of pyridine rings is 1. The molecule has 0 aliphatic carbocycles. The van der Waals surface area contributed by atoms with Gasteiger partial charge in [0.15, 0.2) is 11.6 Å². The highest BCUT2D eigenvalue weighted by molar-refractivity contribution is 6.05. The molecule has 0 fully saturated rings. The summed E-state index contributed by atoms with van der Waals surface area (Å²) in [4.78, 5) is 28.6. The molecule has 2 N–H and O–H groups in total. The van der Waals surface area contributed by atoms with Crippen LogP contribution in [0.5, 0.6) is 0 Å². The summed E-state index contributed by atoms with van der Waals surface area (Å²) in [6.45, 7) is 2.30. The Kier molecular flexibility index (Phi) is 5.74. The maximum absolute atomic E-state index is 13.3. The molecule has 3 aromatic rings. The molecule has 2 aromatic carbocycles. The number of anilines is 1. The van der Waals surface area contributed by atoms with Crippen LogP contribution in [0.2, 0.25) is 0 Å². The van der Waals surface area contributed by atoms with E-state index in [9.17, 15) is 18.4 Å². The van der Waals surface area contributed by atoms with Crippen molar-refractivity contribution in [1.82, 2.24) is 10.3 Å². The van der Waals surface area contributed by atoms with Gasteiger partial charge in [0.05, 0.1) is 0 Å². The zero-order chi connectivity index (χ0) is 20.1. The van der Waals surface area contributed by atoms with Crippen LogP contribution in [-0.4, -0.2) is 16.8 Å². The maximum Gasteiger partial charge on any atom is 0.270 e. The van der Waals surface area contributed by atoms with E-state index in [-0.39, 0.29) is 16.9 Å². The molecule has 0 unspecified atom stereocenters. The van der Waals surface area contributed by atoms with E-state index in [1.165, 1.54) is 24.4 Å². The fourth-order valence-electron chi connectivity index (χ4n) is 2.45. The minimum Gasteiger partial charge on any atom is -0.347 e. The molecule has 1 heterocycles. The van der Waals surface area contributed by atoms with Crippen molar-refractivity contribution in [3.63, 3.8) is 0 Å². The van der Waals surface area contributed by atoms with Gasteiger partial charge in [-0.25, -0.2) is 8.78 Å². The summed E-state index contributed by atoms with van der Waals surface area (Å²) < 4.78 is 26.2. The van der Waals surface area contributed by atoms with Crippen LogP contribution in [0.1, 0.15) is 32.0 Å². The largest absolute Gasteiger partial charge is 0.347 e. The summed E-state index contributed by atoms with van der Waals surface area (Å²) in [6, 6.07) is 13.5. The van der Waals surface area contributed by atoms with E-state index in [0.29, 0.717) is 6.54 Å². The first-order chi connectivity index (χ1) is 13.4. The van der Waals surface area contributed by atoms with Gasteiger partial charge in [0.2, 0.25) is 0 Å². The van der Waals surface area contributed by atoms with Gasteiger partial charge in [0.25, 0.3) is 11.8 Å². The zero-order valence-electron chi connectivity index (χ0n) is 15.0. The number of carbonyl (C=O) groups excluding carboxylic acids is 2. The van der Waals surface area contributed by atoms with Crippen molar-refractivity contribution in [2.45, 2.75) is 13.5 Å². The molecule has 2 amide bonds. The summed E-state index contributed by atoms with van der Waals surface area (Å²) >= 11 is 0. The molecule has 0 radical (unpaired) electrons. The number of nitrogens with one attached hydrogen (secondary N) is 2. The molecule has 5 nitrogen and oxygen atoms in total. The zero-order valence-corrected chi connectivity index (χ0v) is 15.0. The van der Waals surface area contributed by atoms with Crippen LogP contribution in [0.3, 0.4) is 0 Å². The third-order valence-corrected chi connectivity index (χ3v) is 4.01. The topological polar surface area (TPSA) is 71.1 Å². The van der Waals surface area contributed by atoms with E-state index in [1.807, 2.05) is 31.2 Å². The summed E-state index contributed by atoms with van der Waals surface area (Å²) in [6.07, 6.45) is 1.33. The number of carbonyl (C=O) groups is 2. The van der Waals surface area contributed by atoms with Gasteiger partial charge in [-0.2, -0.15) is 0 Å². The maximum atomic E-state index is 13.3. The van der Waals surface area contributed by atoms with Gasteiger partial charge in [-0.15, -0.1) is 0 Å². The minimum atomic E-state index is -1.07. The molecule has 3 rings (SSSR count). The molecular formula is C21H17F2N3O2. The fraction of sp³-hybridized carbons (Fsp3) is 0.0952. The molecule has 0 bridgehead atoms. The number of benzene rings is 2. The van der Waals surface area contributed by atoms with Crippen LogP contribution in [0, 0.1) is 18.6 Å². The smallest absolute Gasteiger partial charge is 0.270 e. The van der Waals surface area contributed by atoms with Gasteiger partial charge in [0, 0.05) is 30.1 Å². The van der Waals surface area contributed by atoms with Crippen molar-refractivity contribution in [3.8, 4) is 0 Å². The SMILES string of the molecule is Cc1ccc(CNC(=O)c2cc(C(=O)Nc3ccc(F)c(F)c3)ccn2)cc1. The van der Waals surface area contributed by atoms with Crippen molar-refractivity contribution in [1.29, 1.82) is 0 Å². The highest BCUT2D eigenvalue weighted by Gasteiger charge is 2.13. The molecule has 0 aliphatic heterocycles. The molecule has 0 spiro atoms. The number of rotatable bonds is 5. The predicted molar refractivity (Wildman–Crippen MR) is 101 cm³/mol. The second-order valence-corrected chi connectivity index (χ2v) is 6.18. The Labute approximate surface area is 160 Å². The normalized spacial score (nSPS) is 10.4. The lowest BCUT2D eigenvalue weighted by Gasteiger charge is -2.08. The van der Waals surface area contributed by atoms with Crippen molar-refractivity contribution in [3.05, 3.63) is 94.8 Å². The quantitative estimate of drug-likeness (QED) is 0.705. The summed E-state index contributed by atoms with van der Waals surface area (Å²) in [5.41, 5.74) is 2.40. The Balaban J connectivity index is 1.66. The number of aromatic nitrogens is 1. The molecular weight excluding hydrogens is 364 g/mol. The molecule has 142 valence electrons. The molecule has 0 aliphatic rings. The molecule has 0 atom stereocenters. The third-order valence-electron chi connectivity index (χ3n) is 4.01. The number of amides is 2. The molecule has 28 heavy (non-hydrogen) atoms. The number of halogens is 2. The van der Waals surface area contributed by atoms with Crippen molar-refractivity contribution >= 4 is 17.5 Å². The van der Waals surface area contributed by atoms with Crippen LogP contribution < -0.4 is 10.6 Å². The first-order valence-corrected chi connectivity index (χ1v) is 8.48. The van der Waals surface area contributed by atoms with E-state index in [4.69, 9.17) is 0 Å². The molecule has 0 saturated carbocycles. The van der Waals surface area contributed by atoms with Gasteiger partial charge < -0.3 is 10.6 Å². The van der Waals surface area contributed by atoms with Gasteiger partial charge in [-0.1, -0.05) is 29.8 Å². The van der Waals surface area contributed by atoms with Crippen molar-refractivity contribution in [2.75, 3.05) is 5.32 Å². The monoisotopic (exact) mass is 381 g/mol. The standard InChI is InChI=1S/C21H17F2N3O2/c1-13-2-4-14(5-3-13)12-25-21(28)19-10-15(8-9-24-19)20(27)26-16-6-7-17(22)18(23)11-16/h2-11H,12H2,1H3,(H,25,28)(H,26,27). The number of hydrogen-bond acceptors (Lipinski definition) is 3. The van der Waals surface area contributed by atoms with Crippen LogP contribution >= 0.6 is 0 Å². The molecule has 0 saturated heterocycles. The number of nitrogens with zero attached hydrogens (tertiary/aromatic N) is 1. The van der Waals surface area contributed by atoms with Crippen molar-refractivity contribution < 1.29 is 18.4 Å². The lowest BCUT2D eigenvalue weighted by atomic mass is 10.1. The van der Waals surface area contributed by atoms with Gasteiger partial charge in [0.1, 0.15) is 5.69 Å². The lowest BCUT2D eigenvalue weighted by Crippen LogP contribution is -2.24. The number of aryl methyl sites for hydroxylation is 1. The van der Waals surface area contributed by atoms with Crippen LogP contribution in [-0.2, 0) is 6.54 Å². The highest BCUT2D eigenvalue weighted by atomic mass is 19.2.